The molecule has 0 saturated heterocycles. The van der Waals surface area contributed by atoms with E-state index in [1.54, 1.807) is 33.5 Å². The van der Waals surface area contributed by atoms with Crippen LogP contribution in [-0.2, 0) is 5.60 Å². The number of ether oxygens (including phenoxy) is 5. The Hall–Kier alpha value is -5.30. The molecule has 0 heterocycles. The molecule has 0 radical (unpaired) electrons. The van der Waals surface area contributed by atoms with Crippen molar-refractivity contribution in [2.24, 2.45) is 0 Å². The summed E-state index contributed by atoms with van der Waals surface area (Å²) in [5.41, 5.74) is 2.74. The van der Waals surface area contributed by atoms with E-state index in [1.165, 1.54) is 6.07 Å². The van der Waals surface area contributed by atoms with Gasteiger partial charge >= 0.3 is 6.61 Å². The van der Waals surface area contributed by atoms with Crippen molar-refractivity contribution in [2.75, 3.05) is 21.3 Å². The lowest BCUT2D eigenvalue weighted by Crippen LogP contribution is -2.36. The molecule has 0 bridgehead atoms. The van der Waals surface area contributed by atoms with Gasteiger partial charge in [-0.25, -0.2) is 0 Å². The van der Waals surface area contributed by atoms with Crippen LogP contribution in [0.2, 0.25) is 0 Å². The molecule has 5 aromatic carbocycles. The third-order valence-electron chi connectivity index (χ3n) is 7.14. The van der Waals surface area contributed by atoms with Gasteiger partial charge in [-0.3, -0.25) is 0 Å². The number of hydrogen-bond acceptors (Lipinski definition) is 5. The lowest BCUT2D eigenvalue weighted by molar-refractivity contribution is -0.0526. The summed E-state index contributed by atoms with van der Waals surface area (Å²) in [6.07, 6.45) is 3.70. The molecule has 0 aliphatic rings. The van der Waals surface area contributed by atoms with Crippen molar-refractivity contribution in [1.29, 1.82) is 0 Å². The van der Waals surface area contributed by atoms with Gasteiger partial charge in [0.1, 0.15) is 0 Å². The zero-order chi connectivity index (χ0) is 30.9. The van der Waals surface area contributed by atoms with Gasteiger partial charge in [-0.05, 0) is 35.4 Å². The topological polar surface area (TPSA) is 46.2 Å². The highest BCUT2D eigenvalue weighted by Crippen LogP contribution is 2.44. The molecule has 224 valence electrons. The summed E-state index contributed by atoms with van der Waals surface area (Å²) in [4.78, 5) is 0. The predicted molar refractivity (Wildman–Crippen MR) is 168 cm³/mol. The molecule has 0 amide bonds. The van der Waals surface area contributed by atoms with E-state index in [1.807, 2.05) is 115 Å². The smallest absolute Gasteiger partial charge is 0.387 e. The highest BCUT2D eigenvalue weighted by atomic mass is 19.3. The minimum absolute atomic E-state index is 0.0860. The zero-order valence-corrected chi connectivity index (χ0v) is 24.6. The van der Waals surface area contributed by atoms with Crippen molar-refractivity contribution in [1.82, 2.24) is 0 Å². The summed E-state index contributed by atoms with van der Waals surface area (Å²) < 4.78 is 55.6. The SMILES string of the molecule is COc1cc(/C=C\c2ccc(OC(F)F)c(OC(c3ccccc3)(c3ccccc3)c3ccccc3)c2)cc(OC)c1OC. The van der Waals surface area contributed by atoms with Crippen molar-refractivity contribution in [3.63, 3.8) is 0 Å². The van der Waals surface area contributed by atoms with E-state index in [0.29, 0.717) is 22.8 Å². The maximum Gasteiger partial charge on any atom is 0.387 e. The van der Waals surface area contributed by atoms with Crippen LogP contribution in [-0.4, -0.2) is 27.9 Å². The van der Waals surface area contributed by atoms with Crippen LogP contribution >= 0.6 is 0 Å². The molecule has 0 spiro atoms. The van der Waals surface area contributed by atoms with Gasteiger partial charge in [-0.15, -0.1) is 0 Å². The van der Waals surface area contributed by atoms with E-state index in [-0.39, 0.29) is 11.5 Å². The third-order valence-corrected chi connectivity index (χ3v) is 7.14. The maximum atomic E-state index is 13.7. The number of methoxy groups -OCH3 is 3. The quantitative estimate of drug-likeness (QED) is 0.107. The Kier molecular flexibility index (Phi) is 9.45. The Labute approximate surface area is 255 Å². The summed E-state index contributed by atoms with van der Waals surface area (Å²) in [6, 6.07) is 37.6. The van der Waals surface area contributed by atoms with Crippen LogP contribution in [0.3, 0.4) is 0 Å². The van der Waals surface area contributed by atoms with Crippen molar-refractivity contribution < 1.29 is 32.5 Å². The fourth-order valence-corrected chi connectivity index (χ4v) is 5.15. The Bertz CT molecular complexity index is 1570. The monoisotopic (exact) mass is 594 g/mol. The van der Waals surface area contributed by atoms with Crippen molar-refractivity contribution >= 4 is 12.2 Å². The van der Waals surface area contributed by atoms with Crippen LogP contribution in [0, 0.1) is 0 Å². The standard InChI is InChI=1S/C37H32F2O5/c1-40-33-24-27(25-34(41-2)35(33)42-3)20-19-26-21-22-31(43-36(38)39)32(23-26)44-37(28-13-7-4-8-14-28,29-15-9-5-10-16-29)30-17-11-6-12-18-30/h4-25,36H,1-3H3/b20-19-. The van der Waals surface area contributed by atoms with Crippen molar-refractivity contribution in [3.8, 4) is 28.7 Å². The first-order chi connectivity index (χ1) is 21.5. The summed E-state index contributed by atoms with van der Waals surface area (Å²) >= 11 is 0. The van der Waals surface area contributed by atoms with E-state index in [2.05, 4.69) is 0 Å². The molecule has 0 saturated carbocycles. The van der Waals surface area contributed by atoms with Gasteiger partial charge in [0.2, 0.25) is 5.75 Å². The lowest BCUT2D eigenvalue weighted by atomic mass is 9.80. The van der Waals surface area contributed by atoms with Gasteiger partial charge in [-0.2, -0.15) is 8.78 Å². The van der Waals surface area contributed by atoms with E-state index in [9.17, 15) is 8.78 Å². The second-order valence-corrected chi connectivity index (χ2v) is 9.76. The fourth-order valence-electron chi connectivity index (χ4n) is 5.15. The molecule has 0 N–H and O–H groups in total. The molecule has 5 rings (SSSR count). The summed E-state index contributed by atoms with van der Waals surface area (Å²) in [5.74, 6) is 1.56. The van der Waals surface area contributed by atoms with E-state index in [4.69, 9.17) is 23.7 Å². The maximum absolute atomic E-state index is 13.7. The molecule has 0 aromatic heterocycles. The first-order valence-corrected chi connectivity index (χ1v) is 13.9. The van der Waals surface area contributed by atoms with Crippen LogP contribution in [0.15, 0.2) is 121 Å². The number of halogens is 2. The number of alkyl halides is 2. The molecule has 0 atom stereocenters. The number of hydrogen-bond donors (Lipinski definition) is 0. The molecule has 5 nitrogen and oxygen atoms in total. The molecule has 7 heteroatoms. The van der Waals surface area contributed by atoms with Crippen LogP contribution < -0.4 is 23.7 Å². The molecule has 0 aliphatic heterocycles. The van der Waals surface area contributed by atoms with Crippen molar-refractivity contribution in [3.05, 3.63) is 149 Å². The Morgan fingerprint density at radius 1 is 0.523 bits per heavy atom. The van der Waals surface area contributed by atoms with E-state index >= 15 is 0 Å². The zero-order valence-electron chi connectivity index (χ0n) is 24.6. The fraction of sp³-hybridized carbons (Fsp3) is 0.135. The average Bonchev–Trinajstić information content (AvgIpc) is 3.07. The molecule has 0 fully saturated rings. The first kappa shape index (κ1) is 30.2. The molecule has 5 aromatic rings. The minimum atomic E-state index is -3.04. The van der Waals surface area contributed by atoms with E-state index in [0.717, 1.165) is 22.3 Å². The Morgan fingerprint density at radius 3 is 1.41 bits per heavy atom. The lowest BCUT2D eigenvalue weighted by Gasteiger charge is -2.36. The second-order valence-electron chi connectivity index (χ2n) is 9.76. The average molecular weight is 595 g/mol. The first-order valence-electron chi connectivity index (χ1n) is 13.9. The molecule has 0 aliphatic carbocycles. The van der Waals surface area contributed by atoms with Gasteiger partial charge in [0.05, 0.1) is 21.3 Å². The van der Waals surface area contributed by atoms with Gasteiger partial charge in [0, 0.05) is 16.7 Å². The number of benzene rings is 5. The predicted octanol–water partition coefficient (Wildman–Crippen LogP) is 8.86. The largest absolute Gasteiger partial charge is 0.493 e. The van der Waals surface area contributed by atoms with Crippen LogP contribution in [0.25, 0.3) is 12.2 Å². The summed E-state index contributed by atoms with van der Waals surface area (Å²) in [6.45, 7) is -3.04. The summed E-state index contributed by atoms with van der Waals surface area (Å²) in [7, 11) is 4.64. The van der Waals surface area contributed by atoms with Crippen LogP contribution in [0.1, 0.15) is 27.8 Å². The number of rotatable bonds is 12. The molecule has 44 heavy (non-hydrogen) atoms. The minimum Gasteiger partial charge on any atom is -0.493 e. The van der Waals surface area contributed by atoms with Gasteiger partial charge in [0.25, 0.3) is 0 Å². The third kappa shape index (κ3) is 6.37. The highest BCUT2D eigenvalue weighted by molar-refractivity contribution is 5.74. The molecular weight excluding hydrogens is 562 g/mol. The summed E-state index contributed by atoms with van der Waals surface area (Å²) in [5, 5.41) is 0. The van der Waals surface area contributed by atoms with Crippen LogP contribution in [0.4, 0.5) is 8.78 Å². The normalized spacial score (nSPS) is 11.4. The van der Waals surface area contributed by atoms with Crippen molar-refractivity contribution in [2.45, 2.75) is 12.2 Å². The highest BCUT2D eigenvalue weighted by Gasteiger charge is 2.39. The molecule has 0 unspecified atom stereocenters. The second kappa shape index (κ2) is 13.8. The van der Waals surface area contributed by atoms with Crippen LogP contribution in [0.5, 0.6) is 28.7 Å². The Morgan fingerprint density at radius 2 is 0.977 bits per heavy atom. The van der Waals surface area contributed by atoms with Gasteiger partial charge in [-0.1, -0.05) is 109 Å². The Balaban J connectivity index is 1.65. The van der Waals surface area contributed by atoms with E-state index < -0.39 is 12.2 Å². The van der Waals surface area contributed by atoms with Gasteiger partial charge in [0.15, 0.2) is 28.6 Å². The molecular formula is C37H32F2O5. The van der Waals surface area contributed by atoms with Gasteiger partial charge < -0.3 is 23.7 Å².